The minimum Gasteiger partial charge on any atom is -0.454 e. The summed E-state index contributed by atoms with van der Waals surface area (Å²) in [7, 11) is 0. The minimum atomic E-state index is -0.532. The fourth-order valence-electron chi connectivity index (χ4n) is 2.98. The molecular formula is C21H27NO4. The molecule has 1 aliphatic heterocycles. The number of ether oxygens (including phenoxy) is 3. The van der Waals surface area contributed by atoms with Gasteiger partial charge in [-0.3, -0.25) is 4.90 Å². The van der Waals surface area contributed by atoms with E-state index in [0.717, 1.165) is 23.6 Å². The lowest BCUT2D eigenvalue weighted by Crippen LogP contribution is -2.34. The Morgan fingerprint density at radius 1 is 1.00 bits per heavy atom. The molecule has 2 aromatic rings. The average Bonchev–Trinajstić information content (AvgIpc) is 3.08. The van der Waals surface area contributed by atoms with Crippen molar-refractivity contribution in [2.75, 3.05) is 19.9 Å². The van der Waals surface area contributed by atoms with E-state index in [1.165, 1.54) is 5.56 Å². The van der Waals surface area contributed by atoms with Crippen molar-refractivity contribution in [3.8, 4) is 11.5 Å². The molecule has 140 valence electrons. The highest BCUT2D eigenvalue weighted by molar-refractivity contribution is 5.44. The third-order valence-corrected chi connectivity index (χ3v) is 4.18. The smallest absolute Gasteiger partial charge is 0.231 e. The number of nitrogens with zero attached hydrogens (tertiary/aromatic N) is 1. The summed E-state index contributed by atoms with van der Waals surface area (Å²) in [5.41, 5.74) is 2.34. The van der Waals surface area contributed by atoms with Gasteiger partial charge in [0, 0.05) is 19.6 Å². The summed E-state index contributed by atoms with van der Waals surface area (Å²) in [5, 5.41) is 10.4. The Kier molecular flexibility index (Phi) is 6.50. The fraction of sp³-hybridized carbons (Fsp3) is 0.429. The molecule has 0 amide bonds. The van der Waals surface area contributed by atoms with Gasteiger partial charge in [-0.05, 0) is 37.1 Å². The molecule has 2 aromatic carbocycles. The lowest BCUT2D eigenvalue weighted by molar-refractivity contribution is -0.0106. The van der Waals surface area contributed by atoms with Crippen LogP contribution in [0, 0.1) is 0 Å². The van der Waals surface area contributed by atoms with Crippen LogP contribution in [0.4, 0.5) is 0 Å². The zero-order chi connectivity index (χ0) is 18.4. The van der Waals surface area contributed by atoms with Crippen LogP contribution in [0.5, 0.6) is 11.5 Å². The highest BCUT2D eigenvalue weighted by Gasteiger charge is 2.17. The Balaban J connectivity index is 1.67. The van der Waals surface area contributed by atoms with Crippen molar-refractivity contribution in [3.63, 3.8) is 0 Å². The quantitative estimate of drug-likeness (QED) is 0.747. The summed E-state index contributed by atoms with van der Waals surface area (Å²) in [6, 6.07) is 16.3. The average molecular weight is 357 g/mol. The molecule has 0 spiro atoms. The van der Waals surface area contributed by atoms with Crippen molar-refractivity contribution in [3.05, 3.63) is 59.7 Å². The summed E-state index contributed by atoms with van der Waals surface area (Å²) in [6.07, 6.45) is -0.420. The van der Waals surface area contributed by atoms with Gasteiger partial charge in [0.1, 0.15) is 0 Å². The van der Waals surface area contributed by atoms with Crippen LogP contribution in [0.1, 0.15) is 25.0 Å². The standard InChI is InChI=1S/C21H27NO4/c1-16(2)24-14-19(23)13-22(11-17-6-4-3-5-7-17)12-18-8-9-20-21(10-18)26-15-25-20/h3-10,16,19,23H,11-15H2,1-2H3/t19-/m1/s1. The van der Waals surface area contributed by atoms with Crippen molar-refractivity contribution in [1.82, 2.24) is 4.90 Å². The molecular weight excluding hydrogens is 330 g/mol. The van der Waals surface area contributed by atoms with E-state index in [0.29, 0.717) is 19.7 Å². The maximum Gasteiger partial charge on any atom is 0.231 e. The third kappa shape index (κ3) is 5.46. The van der Waals surface area contributed by atoms with E-state index < -0.39 is 6.10 Å². The van der Waals surface area contributed by atoms with E-state index in [4.69, 9.17) is 14.2 Å². The fourth-order valence-corrected chi connectivity index (χ4v) is 2.98. The van der Waals surface area contributed by atoms with Gasteiger partial charge in [0.2, 0.25) is 6.79 Å². The highest BCUT2D eigenvalue weighted by Crippen LogP contribution is 2.32. The molecule has 0 fully saturated rings. The lowest BCUT2D eigenvalue weighted by Gasteiger charge is -2.26. The van der Waals surface area contributed by atoms with E-state index in [2.05, 4.69) is 17.0 Å². The Labute approximate surface area is 155 Å². The van der Waals surface area contributed by atoms with Crippen molar-refractivity contribution >= 4 is 0 Å². The first kappa shape index (κ1) is 18.7. The maximum atomic E-state index is 10.4. The zero-order valence-electron chi connectivity index (χ0n) is 15.4. The first-order chi connectivity index (χ1) is 12.6. The van der Waals surface area contributed by atoms with Gasteiger partial charge in [-0.1, -0.05) is 36.4 Å². The van der Waals surface area contributed by atoms with Crippen molar-refractivity contribution in [1.29, 1.82) is 0 Å². The third-order valence-electron chi connectivity index (χ3n) is 4.18. The Hall–Kier alpha value is -2.08. The zero-order valence-corrected chi connectivity index (χ0v) is 15.4. The van der Waals surface area contributed by atoms with E-state index in [-0.39, 0.29) is 12.9 Å². The van der Waals surface area contributed by atoms with E-state index in [1.54, 1.807) is 0 Å². The largest absolute Gasteiger partial charge is 0.454 e. The van der Waals surface area contributed by atoms with E-state index >= 15 is 0 Å². The molecule has 5 heteroatoms. The molecule has 1 N–H and O–H groups in total. The number of hydrogen-bond donors (Lipinski definition) is 1. The van der Waals surface area contributed by atoms with Crippen LogP contribution in [0.25, 0.3) is 0 Å². The number of aliphatic hydroxyl groups is 1. The van der Waals surface area contributed by atoms with Crippen LogP contribution < -0.4 is 9.47 Å². The number of fused-ring (bicyclic) bond motifs is 1. The molecule has 0 unspecified atom stereocenters. The van der Waals surface area contributed by atoms with Crippen LogP contribution in [-0.2, 0) is 17.8 Å². The normalized spacial score (nSPS) is 14.2. The van der Waals surface area contributed by atoms with Gasteiger partial charge in [0.25, 0.3) is 0 Å². The van der Waals surface area contributed by atoms with Gasteiger partial charge in [-0.2, -0.15) is 0 Å². The topological polar surface area (TPSA) is 51.2 Å². The second kappa shape index (κ2) is 9.03. The summed E-state index contributed by atoms with van der Waals surface area (Å²) in [4.78, 5) is 2.22. The summed E-state index contributed by atoms with van der Waals surface area (Å²) in [5.74, 6) is 1.57. The maximum absolute atomic E-state index is 10.4. The highest BCUT2D eigenvalue weighted by atomic mass is 16.7. The van der Waals surface area contributed by atoms with Crippen molar-refractivity contribution in [2.24, 2.45) is 0 Å². The molecule has 1 heterocycles. The van der Waals surface area contributed by atoms with Gasteiger partial charge in [0.05, 0.1) is 18.8 Å². The van der Waals surface area contributed by atoms with Crippen LogP contribution in [0.3, 0.4) is 0 Å². The lowest BCUT2D eigenvalue weighted by atomic mass is 10.1. The molecule has 0 saturated carbocycles. The summed E-state index contributed by atoms with van der Waals surface area (Å²) >= 11 is 0. The van der Waals surface area contributed by atoms with E-state index in [1.807, 2.05) is 50.2 Å². The number of rotatable bonds is 9. The minimum absolute atomic E-state index is 0.112. The summed E-state index contributed by atoms with van der Waals surface area (Å²) in [6.45, 7) is 6.57. The SMILES string of the molecule is CC(C)OC[C@H](O)CN(Cc1ccccc1)Cc1ccc2c(c1)OCO2. The summed E-state index contributed by atoms with van der Waals surface area (Å²) < 4.78 is 16.4. The molecule has 0 radical (unpaired) electrons. The van der Waals surface area contributed by atoms with Crippen LogP contribution in [0.15, 0.2) is 48.5 Å². The second-order valence-electron chi connectivity index (χ2n) is 6.88. The van der Waals surface area contributed by atoms with Crippen LogP contribution in [0.2, 0.25) is 0 Å². The molecule has 5 nitrogen and oxygen atoms in total. The Morgan fingerprint density at radius 2 is 1.73 bits per heavy atom. The van der Waals surface area contributed by atoms with E-state index in [9.17, 15) is 5.11 Å². The van der Waals surface area contributed by atoms with Gasteiger partial charge in [-0.15, -0.1) is 0 Å². The van der Waals surface area contributed by atoms with Crippen LogP contribution >= 0.6 is 0 Å². The molecule has 0 bridgehead atoms. The molecule has 0 aromatic heterocycles. The first-order valence-electron chi connectivity index (χ1n) is 9.04. The van der Waals surface area contributed by atoms with Gasteiger partial charge >= 0.3 is 0 Å². The predicted octanol–water partition coefficient (Wildman–Crippen LogP) is 3.20. The van der Waals surface area contributed by atoms with Crippen LogP contribution in [-0.4, -0.2) is 42.2 Å². The Morgan fingerprint density at radius 3 is 2.50 bits per heavy atom. The molecule has 1 atom stereocenters. The molecule has 0 aliphatic carbocycles. The van der Waals surface area contributed by atoms with Crippen molar-refractivity contribution in [2.45, 2.75) is 39.1 Å². The number of hydrogen-bond acceptors (Lipinski definition) is 5. The van der Waals surface area contributed by atoms with Gasteiger partial charge < -0.3 is 19.3 Å². The van der Waals surface area contributed by atoms with Gasteiger partial charge in [-0.25, -0.2) is 0 Å². The first-order valence-corrected chi connectivity index (χ1v) is 9.04. The monoisotopic (exact) mass is 357 g/mol. The van der Waals surface area contributed by atoms with Crippen molar-refractivity contribution < 1.29 is 19.3 Å². The predicted molar refractivity (Wildman–Crippen MR) is 100 cm³/mol. The molecule has 0 saturated heterocycles. The molecule has 26 heavy (non-hydrogen) atoms. The second-order valence-corrected chi connectivity index (χ2v) is 6.88. The Bertz CT molecular complexity index is 690. The number of benzene rings is 2. The molecule has 1 aliphatic rings. The molecule has 3 rings (SSSR count). The number of aliphatic hydroxyl groups excluding tert-OH is 1. The van der Waals surface area contributed by atoms with Gasteiger partial charge in [0.15, 0.2) is 11.5 Å².